The second-order valence-electron chi connectivity index (χ2n) is 4.15. The molecule has 1 aromatic rings. The molecule has 1 rings (SSSR count). The van der Waals surface area contributed by atoms with Crippen LogP contribution in [-0.4, -0.2) is 29.7 Å². The van der Waals surface area contributed by atoms with Crippen LogP contribution < -0.4 is 5.32 Å². The van der Waals surface area contributed by atoms with Gasteiger partial charge in [-0.15, -0.1) is 0 Å². The van der Waals surface area contributed by atoms with Gasteiger partial charge in [0.2, 0.25) is 0 Å². The minimum absolute atomic E-state index is 0.0651. The Kier molecular flexibility index (Phi) is 4.88. The van der Waals surface area contributed by atoms with E-state index in [1.165, 1.54) is 0 Å². The first kappa shape index (κ1) is 14.2. The van der Waals surface area contributed by atoms with Gasteiger partial charge in [0.1, 0.15) is 11.3 Å². The summed E-state index contributed by atoms with van der Waals surface area (Å²) in [7, 11) is 0. The van der Waals surface area contributed by atoms with Gasteiger partial charge in [-0.25, -0.2) is 4.79 Å². The normalized spacial score (nSPS) is 12.0. The minimum Gasteiger partial charge on any atom is -0.452 e. The molecule has 0 spiro atoms. The maximum absolute atomic E-state index is 11.7. The van der Waals surface area contributed by atoms with Crippen LogP contribution in [0.25, 0.3) is 0 Å². The van der Waals surface area contributed by atoms with Gasteiger partial charge < -0.3 is 14.6 Å². The predicted octanol–water partition coefficient (Wildman–Crippen LogP) is 1.36. The first-order valence-electron chi connectivity index (χ1n) is 5.85. The van der Waals surface area contributed by atoms with Crippen molar-refractivity contribution in [1.29, 1.82) is 0 Å². The van der Waals surface area contributed by atoms with Crippen LogP contribution in [0.2, 0.25) is 0 Å². The van der Waals surface area contributed by atoms with Gasteiger partial charge in [-0.1, -0.05) is 12.1 Å². The number of carbonyl (C=O) groups excluding carboxylic acids is 2. The molecule has 1 aromatic heterocycles. The zero-order valence-electron chi connectivity index (χ0n) is 11.1. The quantitative estimate of drug-likeness (QED) is 0.802. The molecule has 1 atom stereocenters. The maximum Gasteiger partial charge on any atom is 0.344 e. The maximum atomic E-state index is 11.7. The SMILES string of the molecule is CC[C@H](C)NC(=O)COC(=O)c1c(C)noc1C. The van der Waals surface area contributed by atoms with Crippen molar-refractivity contribution in [2.75, 3.05) is 6.61 Å². The summed E-state index contributed by atoms with van der Waals surface area (Å²) in [4.78, 5) is 23.1. The molecule has 0 saturated carbocycles. The number of esters is 1. The Morgan fingerprint density at radius 1 is 1.44 bits per heavy atom. The zero-order chi connectivity index (χ0) is 13.7. The first-order chi connectivity index (χ1) is 8.45. The van der Waals surface area contributed by atoms with Crippen LogP contribution >= 0.6 is 0 Å². The molecule has 0 aliphatic heterocycles. The first-order valence-corrected chi connectivity index (χ1v) is 5.85. The van der Waals surface area contributed by atoms with Crippen molar-refractivity contribution >= 4 is 11.9 Å². The highest BCUT2D eigenvalue weighted by molar-refractivity contribution is 5.93. The number of aryl methyl sites for hydroxylation is 2. The molecule has 100 valence electrons. The summed E-state index contributed by atoms with van der Waals surface area (Å²) in [6.45, 7) is 6.81. The van der Waals surface area contributed by atoms with E-state index in [-0.39, 0.29) is 24.1 Å². The van der Waals surface area contributed by atoms with Gasteiger partial charge in [0.15, 0.2) is 6.61 Å². The summed E-state index contributed by atoms with van der Waals surface area (Å²) in [6, 6.07) is 0.0651. The molecule has 1 N–H and O–H groups in total. The number of nitrogens with zero attached hydrogens (tertiary/aromatic N) is 1. The molecule has 0 aliphatic carbocycles. The molecule has 6 heteroatoms. The van der Waals surface area contributed by atoms with Gasteiger partial charge in [-0.05, 0) is 27.2 Å². The minimum atomic E-state index is -0.592. The number of rotatable bonds is 5. The lowest BCUT2D eigenvalue weighted by atomic mass is 10.2. The van der Waals surface area contributed by atoms with Crippen molar-refractivity contribution in [3.8, 4) is 0 Å². The largest absolute Gasteiger partial charge is 0.452 e. The third-order valence-electron chi connectivity index (χ3n) is 2.59. The lowest BCUT2D eigenvalue weighted by molar-refractivity contribution is -0.124. The van der Waals surface area contributed by atoms with Crippen LogP contribution in [0.3, 0.4) is 0 Å². The van der Waals surface area contributed by atoms with E-state index < -0.39 is 5.97 Å². The average Bonchev–Trinajstić information content (AvgIpc) is 2.66. The number of hydrogen-bond donors (Lipinski definition) is 1. The van der Waals surface area contributed by atoms with Crippen LogP contribution in [-0.2, 0) is 9.53 Å². The highest BCUT2D eigenvalue weighted by Gasteiger charge is 2.20. The van der Waals surface area contributed by atoms with Gasteiger partial charge >= 0.3 is 5.97 Å². The molecule has 6 nitrogen and oxygen atoms in total. The summed E-state index contributed by atoms with van der Waals surface area (Å²) in [6.07, 6.45) is 0.823. The number of aromatic nitrogens is 1. The van der Waals surface area contributed by atoms with E-state index in [0.717, 1.165) is 6.42 Å². The molecule has 0 aromatic carbocycles. The van der Waals surface area contributed by atoms with E-state index >= 15 is 0 Å². The summed E-state index contributed by atoms with van der Waals surface area (Å²) >= 11 is 0. The highest BCUT2D eigenvalue weighted by Crippen LogP contribution is 2.13. The van der Waals surface area contributed by atoms with Crippen LogP contribution in [0.15, 0.2) is 4.52 Å². The van der Waals surface area contributed by atoms with E-state index in [1.807, 2.05) is 13.8 Å². The number of carbonyl (C=O) groups is 2. The van der Waals surface area contributed by atoms with Crippen molar-refractivity contribution in [2.45, 2.75) is 40.2 Å². The molecule has 1 heterocycles. The Balaban J connectivity index is 2.50. The van der Waals surface area contributed by atoms with Crippen molar-refractivity contribution in [1.82, 2.24) is 10.5 Å². The van der Waals surface area contributed by atoms with Gasteiger partial charge in [0, 0.05) is 6.04 Å². The lowest BCUT2D eigenvalue weighted by Crippen LogP contribution is -2.35. The van der Waals surface area contributed by atoms with Crippen molar-refractivity contribution in [3.63, 3.8) is 0 Å². The summed E-state index contributed by atoms with van der Waals surface area (Å²) in [5, 5.41) is 6.35. The molecule has 0 bridgehead atoms. The third kappa shape index (κ3) is 3.58. The van der Waals surface area contributed by atoms with Crippen molar-refractivity contribution in [2.24, 2.45) is 0 Å². The lowest BCUT2D eigenvalue weighted by Gasteiger charge is -2.11. The molecule has 0 unspecified atom stereocenters. The number of amides is 1. The van der Waals surface area contributed by atoms with Crippen molar-refractivity contribution < 1.29 is 18.8 Å². The topological polar surface area (TPSA) is 81.4 Å². The highest BCUT2D eigenvalue weighted by atomic mass is 16.5. The van der Waals surface area contributed by atoms with E-state index in [9.17, 15) is 9.59 Å². The van der Waals surface area contributed by atoms with Gasteiger partial charge in [-0.2, -0.15) is 0 Å². The molecule has 0 fully saturated rings. The Hall–Kier alpha value is -1.85. The molecular weight excluding hydrogens is 236 g/mol. The summed E-state index contributed by atoms with van der Waals surface area (Å²) in [5.74, 6) is -0.519. The Labute approximate surface area is 106 Å². The van der Waals surface area contributed by atoms with E-state index in [2.05, 4.69) is 10.5 Å². The molecule has 0 saturated heterocycles. The predicted molar refractivity (Wildman–Crippen MR) is 64.2 cm³/mol. The number of nitrogens with one attached hydrogen (secondary N) is 1. The number of hydrogen-bond acceptors (Lipinski definition) is 5. The van der Waals surface area contributed by atoms with Crippen LogP contribution in [0.5, 0.6) is 0 Å². The van der Waals surface area contributed by atoms with Crippen LogP contribution in [0.4, 0.5) is 0 Å². The summed E-state index contributed by atoms with van der Waals surface area (Å²) in [5.41, 5.74) is 0.742. The fourth-order valence-corrected chi connectivity index (χ4v) is 1.40. The smallest absolute Gasteiger partial charge is 0.344 e. The standard InChI is InChI=1S/C12H18N2O4/c1-5-7(2)13-10(15)6-17-12(16)11-8(3)14-18-9(11)4/h7H,5-6H2,1-4H3,(H,13,15)/t7-/m0/s1. The van der Waals surface area contributed by atoms with Crippen LogP contribution in [0.1, 0.15) is 42.1 Å². The zero-order valence-corrected chi connectivity index (χ0v) is 11.1. The van der Waals surface area contributed by atoms with Crippen molar-refractivity contribution in [3.05, 3.63) is 17.0 Å². The van der Waals surface area contributed by atoms with E-state index in [0.29, 0.717) is 11.5 Å². The Bertz CT molecular complexity index is 420. The fraction of sp³-hybridized carbons (Fsp3) is 0.583. The average molecular weight is 254 g/mol. The molecule has 0 radical (unpaired) electrons. The van der Waals surface area contributed by atoms with Gasteiger partial charge in [0.05, 0.1) is 5.69 Å². The molecule has 0 aliphatic rings. The van der Waals surface area contributed by atoms with Gasteiger partial charge in [-0.3, -0.25) is 4.79 Å². The second-order valence-corrected chi connectivity index (χ2v) is 4.15. The number of ether oxygens (including phenoxy) is 1. The monoisotopic (exact) mass is 254 g/mol. The molecular formula is C12H18N2O4. The third-order valence-corrected chi connectivity index (χ3v) is 2.59. The van der Waals surface area contributed by atoms with E-state index in [4.69, 9.17) is 9.26 Å². The van der Waals surface area contributed by atoms with E-state index in [1.54, 1.807) is 13.8 Å². The molecule has 1 amide bonds. The summed E-state index contributed by atoms with van der Waals surface area (Å²) < 4.78 is 9.76. The van der Waals surface area contributed by atoms with Gasteiger partial charge in [0.25, 0.3) is 5.91 Å². The Morgan fingerprint density at radius 2 is 2.11 bits per heavy atom. The molecule has 18 heavy (non-hydrogen) atoms. The Morgan fingerprint density at radius 3 is 2.61 bits per heavy atom. The second kappa shape index (κ2) is 6.18. The van der Waals surface area contributed by atoms with Crippen LogP contribution in [0, 0.1) is 13.8 Å². The fourth-order valence-electron chi connectivity index (χ4n) is 1.40.